The van der Waals surface area contributed by atoms with Gasteiger partial charge in [0.2, 0.25) is 0 Å². The largest absolute Gasteiger partial charge is 0.493 e. The minimum Gasteiger partial charge on any atom is -0.493 e. The van der Waals surface area contributed by atoms with E-state index in [0.717, 1.165) is 0 Å². The van der Waals surface area contributed by atoms with Crippen LogP contribution < -0.4 is 20.2 Å². The van der Waals surface area contributed by atoms with E-state index in [-0.39, 0.29) is 18.5 Å². The van der Waals surface area contributed by atoms with Crippen LogP contribution in [-0.4, -0.2) is 31.2 Å². The van der Waals surface area contributed by atoms with E-state index in [1.54, 1.807) is 43.3 Å². The van der Waals surface area contributed by atoms with Gasteiger partial charge in [0, 0.05) is 11.6 Å². The number of hydrogen-bond donors (Lipinski definition) is 2. The van der Waals surface area contributed by atoms with Gasteiger partial charge in [-0.3, -0.25) is 9.59 Å². The summed E-state index contributed by atoms with van der Waals surface area (Å²) < 4.78 is 24.6. The van der Waals surface area contributed by atoms with Crippen LogP contribution in [0, 0.1) is 5.82 Å². The van der Waals surface area contributed by atoms with Crippen LogP contribution in [0.4, 0.5) is 4.39 Å². The molecule has 0 bridgehead atoms. The van der Waals surface area contributed by atoms with Gasteiger partial charge >= 0.3 is 11.8 Å². The summed E-state index contributed by atoms with van der Waals surface area (Å²) in [5.41, 5.74) is 3.21. The molecule has 2 amide bonds. The molecule has 8 heteroatoms. The molecule has 0 saturated heterocycles. The molecule has 0 heterocycles. The summed E-state index contributed by atoms with van der Waals surface area (Å²) in [7, 11) is 1.48. The third kappa shape index (κ3) is 6.60. The first-order chi connectivity index (χ1) is 13.9. The summed E-state index contributed by atoms with van der Waals surface area (Å²) >= 11 is 0. The van der Waals surface area contributed by atoms with Crippen molar-refractivity contribution < 1.29 is 23.5 Å². The van der Waals surface area contributed by atoms with Gasteiger partial charge in [-0.2, -0.15) is 5.10 Å². The van der Waals surface area contributed by atoms with Gasteiger partial charge in [-0.1, -0.05) is 25.1 Å². The maximum absolute atomic E-state index is 13.7. The average molecular weight is 401 g/mol. The maximum atomic E-state index is 13.7. The fraction of sp³-hybridized carbons (Fsp3) is 0.286. The second-order valence-corrected chi connectivity index (χ2v) is 6.27. The molecule has 2 aromatic rings. The van der Waals surface area contributed by atoms with E-state index in [1.807, 2.05) is 6.92 Å². The van der Waals surface area contributed by atoms with E-state index < -0.39 is 11.8 Å². The number of nitrogens with one attached hydrogen (secondary N) is 2. The van der Waals surface area contributed by atoms with Gasteiger partial charge in [-0.05, 0) is 43.2 Å². The molecule has 0 aliphatic heterocycles. The van der Waals surface area contributed by atoms with Crippen molar-refractivity contribution in [3.63, 3.8) is 0 Å². The second-order valence-electron chi connectivity index (χ2n) is 6.27. The van der Waals surface area contributed by atoms with E-state index in [9.17, 15) is 14.0 Å². The predicted octanol–water partition coefficient (Wildman–Crippen LogP) is 2.78. The molecule has 2 rings (SSSR count). The maximum Gasteiger partial charge on any atom is 0.329 e. The Hall–Kier alpha value is -3.42. The van der Waals surface area contributed by atoms with Gasteiger partial charge in [0.25, 0.3) is 0 Å². The molecule has 1 atom stereocenters. The quantitative estimate of drug-likeness (QED) is 0.404. The first kappa shape index (κ1) is 21.9. The minimum atomic E-state index is -0.849. The van der Waals surface area contributed by atoms with Crippen molar-refractivity contribution in [2.45, 2.75) is 32.9 Å². The number of carbonyl (C=O) groups excluding carboxylic acids is 2. The zero-order valence-electron chi connectivity index (χ0n) is 16.6. The molecular formula is C21H24FN3O4. The predicted molar refractivity (Wildman–Crippen MR) is 107 cm³/mol. The van der Waals surface area contributed by atoms with Crippen LogP contribution in [0.15, 0.2) is 47.6 Å². The van der Waals surface area contributed by atoms with Crippen LogP contribution in [0.5, 0.6) is 11.5 Å². The van der Waals surface area contributed by atoms with E-state index in [1.165, 1.54) is 19.4 Å². The number of halogens is 1. The highest BCUT2D eigenvalue weighted by Gasteiger charge is 2.14. The molecular weight excluding hydrogens is 377 g/mol. The fourth-order valence-corrected chi connectivity index (χ4v) is 2.26. The Morgan fingerprint density at radius 2 is 1.93 bits per heavy atom. The molecule has 0 aliphatic rings. The van der Waals surface area contributed by atoms with Crippen molar-refractivity contribution in [3.05, 3.63) is 59.4 Å². The molecule has 154 valence electrons. The fourth-order valence-electron chi connectivity index (χ4n) is 2.26. The van der Waals surface area contributed by atoms with Crippen LogP contribution in [0.25, 0.3) is 0 Å². The number of ether oxygens (including phenoxy) is 2. The topological polar surface area (TPSA) is 89.0 Å². The highest BCUT2D eigenvalue weighted by Crippen LogP contribution is 2.28. The molecule has 0 radical (unpaired) electrons. The molecule has 0 saturated carbocycles. The van der Waals surface area contributed by atoms with Gasteiger partial charge in [0.15, 0.2) is 11.5 Å². The van der Waals surface area contributed by atoms with Crippen molar-refractivity contribution >= 4 is 18.0 Å². The summed E-state index contributed by atoms with van der Waals surface area (Å²) in [4.78, 5) is 23.3. The number of rotatable bonds is 8. The van der Waals surface area contributed by atoms with E-state index in [0.29, 0.717) is 29.0 Å². The third-order valence-electron chi connectivity index (χ3n) is 4.10. The van der Waals surface area contributed by atoms with Crippen LogP contribution in [-0.2, 0) is 16.2 Å². The summed E-state index contributed by atoms with van der Waals surface area (Å²) in [5.74, 6) is -1.08. The summed E-state index contributed by atoms with van der Waals surface area (Å²) in [6.07, 6.45) is 2.09. The lowest BCUT2D eigenvalue weighted by molar-refractivity contribution is -0.139. The average Bonchev–Trinajstić information content (AvgIpc) is 2.73. The number of benzene rings is 2. The van der Waals surface area contributed by atoms with Gasteiger partial charge in [-0.25, -0.2) is 9.82 Å². The smallest absolute Gasteiger partial charge is 0.329 e. The number of nitrogens with zero attached hydrogens (tertiary/aromatic N) is 1. The zero-order valence-corrected chi connectivity index (χ0v) is 16.6. The number of carbonyl (C=O) groups is 2. The van der Waals surface area contributed by atoms with Crippen LogP contribution in [0.3, 0.4) is 0 Å². The van der Waals surface area contributed by atoms with Gasteiger partial charge in [-0.15, -0.1) is 0 Å². The molecule has 0 aromatic heterocycles. The van der Waals surface area contributed by atoms with Crippen LogP contribution >= 0.6 is 0 Å². The summed E-state index contributed by atoms with van der Waals surface area (Å²) in [5, 5.41) is 6.32. The van der Waals surface area contributed by atoms with Crippen molar-refractivity contribution in [3.8, 4) is 11.5 Å². The Labute approximate surface area is 168 Å². The SMILES string of the molecule is CC[C@H](C)NC(=O)C(=O)N/N=C\c1ccc(OCc2ccccc2F)c(OC)c1. The lowest BCUT2D eigenvalue weighted by Gasteiger charge is -2.12. The Balaban J connectivity index is 1.97. The molecule has 0 spiro atoms. The lowest BCUT2D eigenvalue weighted by atomic mass is 10.2. The number of hydrazone groups is 1. The van der Waals surface area contributed by atoms with Gasteiger partial charge < -0.3 is 14.8 Å². The van der Waals surface area contributed by atoms with E-state index >= 15 is 0 Å². The van der Waals surface area contributed by atoms with Gasteiger partial charge in [0.1, 0.15) is 12.4 Å². The number of methoxy groups -OCH3 is 1. The third-order valence-corrected chi connectivity index (χ3v) is 4.10. The zero-order chi connectivity index (χ0) is 21.2. The molecule has 0 aliphatic carbocycles. The summed E-state index contributed by atoms with van der Waals surface area (Å²) in [6, 6.07) is 11.2. The Morgan fingerprint density at radius 1 is 1.17 bits per heavy atom. The standard InChI is InChI=1S/C21H24FN3O4/c1-4-14(2)24-20(26)21(27)25-23-12-15-9-10-18(19(11-15)28-3)29-13-16-7-5-6-8-17(16)22/h5-12,14H,4,13H2,1-3H3,(H,24,26)(H,25,27)/b23-12-/t14-/m0/s1. The molecule has 2 N–H and O–H groups in total. The van der Waals surface area contributed by atoms with Crippen molar-refractivity contribution in [1.29, 1.82) is 0 Å². The van der Waals surface area contributed by atoms with Crippen molar-refractivity contribution in [1.82, 2.24) is 10.7 Å². The molecule has 2 aromatic carbocycles. The number of amides is 2. The molecule has 29 heavy (non-hydrogen) atoms. The first-order valence-electron chi connectivity index (χ1n) is 9.12. The van der Waals surface area contributed by atoms with Crippen LogP contribution in [0.2, 0.25) is 0 Å². The highest BCUT2D eigenvalue weighted by molar-refractivity contribution is 6.35. The monoisotopic (exact) mass is 401 g/mol. The Morgan fingerprint density at radius 3 is 2.62 bits per heavy atom. The minimum absolute atomic E-state index is 0.0534. The second kappa shape index (κ2) is 10.8. The Bertz CT molecular complexity index is 886. The lowest BCUT2D eigenvalue weighted by Crippen LogP contribution is -2.41. The Kier molecular flexibility index (Phi) is 8.14. The number of hydrogen-bond acceptors (Lipinski definition) is 5. The van der Waals surface area contributed by atoms with Crippen LogP contribution in [0.1, 0.15) is 31.4 Å². The summed E-state index contributed by atoms with van der Waals surface area (Å²) in [6.45, 7) is 3.76. The molecule has 0 fully saturated rings. The highest BCUT2D eigenvalue weighted by atomic mass is 19.1. The molecule has 0 unspecified atom stereocenters. The van der Waals surface area contributed by atoms with Crippen molar-refractivity contribution in [2.75, 3.05) is 7.11 Å². The first-order valence-corrected chi connectivity index (χ1v) is 9.12. The van der Waals surface area contributed by atoms with Crippen molar-refractivity contribution in [2.24, 2.45) is 5.10 Å². The molecule has 7 nitrogen and oxygen atoms in total. The van der Waals surface area contributed by atoms with E-state index in [2.05, 4.69) is 15.8 Å². The van der Waals surface area contributed by atoms with Gasteiger partial charge in [0.05, 0.1) is 13.3 Å². The van der Waals surface area contributed by atoms with E-state index in [4.69, 9.17) is 9.47 Å². The normalized spacial score (nSPS) is 11.7.